The van der Waals surface area contributed by atoms with Gasteiger partial charge in [-0.1, -0.05) is 53.8 Å². The summed E-state index contributed by atoms with van der Waals surface area (Å²) in [6, 6.07) is 18.1. The number of pyridine rings is 1. The van der Waals surface area contributed by atoms with E-state index in [1.54, 1.807) is 0 Å². The predicted octanol–water partition coefficient (Wildman–Crippen LogP) is 4.56. The molecule has 0 fully saturated rings. The van der Waals surface area contributed by atoms with E-state index in [0.29, 0.717) is 15.4 Å². The van der Waals surface area contributed by atoms with Crippen LogP contribution >= 0.6 is 11.3 Å². The van der Waals surface area contributed by atoms with Gasteiger partial charge in [-0.25, -0.2) is 14.4 Å². The zero-order valence-corrected chi connectivity index (χ0v) is 18.1. The van der Waals surface area contributed by atoms with Crippen LogP contribution in [0.2, 0.25) is 0 Å². The number of benzene rings is 2. The second-order valence-corrected chi connectivity index (χ2v) is 8.68. The molecule has 0 saturated heterocycles. The van der Waals surface area contributed by atoms with Crippen molar-refractivity contribution in [2.24, 2.45) is 0 Å². The van der Waals surface area contributed by atoms with Crippen LogP contribution in [0.4, 0.5) is 4.39 Å². The number of halogens is 1. The molecule has 33 heavy (non-hydrogen) atoms. The van der Waals surface area contributed by atoms with Crippen molar-refractivity contribution in [3.63, 3.8) is 0 Å². The van der Waals surface area contributed by atoms with Gasteiger partial charge in [0.2, 0.25) is 0 Å². The summed E-state index contributed by atoms with van der Waals surface area (Å²) in [6.45, 7) is -0.0251. The number of allylic oxidation sites excluding steroid dienone is 2. The van der Waals surface area contributed by atoms with E-state index >= 15 is 0 Å². The molecule has 4 aromatic rings. The molecule has 1 aliphatic carbocycles. The van der Waals surface area contributed by atoms with Gasteiger partial charge in [0.15, 0.2) is 0 Å². The van der Waals surface area contributed by atoms with Gasteiger partial charge in [-0.05, 0) is 35.9 Å². The number of nitrogens with zero attached hydrogens (tertiary/aromatic N) is 2. The number of aromatic nitrogens is 2. The second-order valence-electron chi connectivity index (χ2n) is 7.70. The van der Waals surface area contributed by atoms with Crippen LogP contribution in [0.25, 0.3) is 20.9 Å². The Balaban J connectivity index is 1.40. The van der Waals surface area contributed by atoms with Crippen LogP contribution in [0, 0.1) is 5.82 Å². The summed E-state index contributed by atoms with van der Waals surface area (Å²) < 4.78 is 14.8. The van der Waals surface area contributed by atoms with Crippen LogP contribution in [0.3, 0.4) is 0 Å². The van der Waals surface area contributed by atoms with Crippen LogP contribution in [0.15, 0.2) is 72.8 Å². The van der Waals surface area contributed by atoms with Gasteiger partial charge in [-0.15, -0.1) is 0 Å². The highest BCUT2D eigenvalue weighted by Crippen LogP contribution is 2.45. The van der Waals surface area contributed by atoms with E-state index in [-0.39, 0.29) is 29.5 Å². The molecule has 0 radical (unpaired) electrons. The normalized spacial score (nSPS) is 13.7. The quantitative estimate of drug-likeness (QED) is 0.396. The van der Waals surface area contributed by atoms with Crippen molar-refractivity contribution >= 4 is 33.6 Å². The zero-order valence-electron chi connectivity index (χ0n) is 17.3. The number of hydrogen-bond donors (Lipinski definition) is 2. The Labute approximate surface area is 192 Å². The number of carbonyl (C=O) groups is 2. The van der Waals surface area contributed by atoms with Crippen molar-refractivity contribution in [3.05, 3.63) is 95.5 Å². The highest BCUT2D eigenvalue weighted by Gasteiger charge is 2.39. The highest BCUT2D eigenvalue weighted by atomic mass is 32.1. The molecule has 1 aliphatic rings. The van der Waals surface area contributed by atoms with E-state index in [2.05, 4.69) is 34.6 Å². The van der Waals surface area contributed by atoms with Gasteiger partial charge in [0.1, 0.15) is 21.2 Å². The minimum atomic E-state index is -1.02. The number of thiazole rings is 1. The summed E-state index contributed by atoms with van der Waals surface area (Å²) in [7, 11) is 0. The monoisotopic (exact) mass is 459 g/mol. The molecular formula is C25H18FN3O3S. The standard InChI is InChI=1S/C25H18FN3O3S/c26-18-14-15(22(32)27-13-10-21(30)31)6-7-17(18)23-28-19-8-9-20(29-24(19)33-23)25(11-12-25)16-4-2-1-3-5-16/h1-9,11-12,14H,10,13H2,(H,27,32)(H,30,31). The fraction of sp³-hybridized carbons (Fsp3) is 0.120. The van der Waals surface area contributed by atoms with Gasteiger partial charge in [0.25, 0.3) is 5.91 Å². The minimum absolute atomic E-state index is 0.0251. The van der Waals surface area contributed by atoms with Gasteiger partial charge < -0.3 is 10.4 Å². The number of aliphatic carboxylic acids is 1. The fourth-order valence-electron chi connectivity index (χ4n) is 3.69. The Morgan fingerprint density at radius 3 is 2.52 bits per heavy atom. The van der Waals surface area contributed by atoms with E-state index in [1.807, 2.05) is 30.3 Å². The molecule has 0 saturated carbocycles. The maximum Gasteiger partial charge on any atom is 0.305 e. The Morgan fingerprint density at radius 2 is 1.82 bits per heavy atom. The zero-order chi connectivity index (χ0) is 23.0. The van der Waals surface area contributed by atoms with Crippen molar-refractivity contribution in [1.82, 2.24) is 15.3 Å². The lowest BCUT2D eigenvalue weighted by Crippen LogP contribution is -2.26. The average molecular weight is 460 g/mol. The van der Waals surface area contributed by atoms with E-state index in [1.165, 1.54) is 23.5 Å². The summed E-state index contributed by atoms with van der Waals surface area (Å²) in [5.41, 5.74) is 2.81. The third kappa shape index (κ3) is 4.01. The van der Waals surface area contributed by atoms with E-state index in [9.17, 15) is 14.0 Å². The van der Waals surface area contributed by atoms with E-state index < -0.39 is 17.7 Å². The topological polar surface area (TPSA) is 92.2 Å². The Hall–Kier alpha value is -3.91. The molecule has 0 aliphatic heterocycles. The Kier molecular flexibility index (Phi) is 5.22. The number of nitrogens with one attached hydrogen (secondary N) is 1. The maximum atomic E-state index is 14.8. The predicted molar refractivity (Wildman–Crippen MR) is 124 cm³/mol. The van der Waals surface area contributed by atoms with Gasteiger partial charge >= 0.3 is 5.97 Å². The van der Waals surface area contributed by atoms with Gasteiger partial charge in [0.05, 0.1) is 17.5 Å². The SMILES string of the molecule is O=C(O)CCNC(=O)c1ccc(-c2nc3ccc(C4(c5ccccc5)C=C4)nc3s2)c(F)c1. The van der Waals surface area contributed by atoms with Crippen LogP contribution in [-0.2, 0) is 10.2 Å². The lowest BCUT2D eigenvalue weighted by atomic mass is 9.89. The third-order valence-corrected chi connectivity index (χ3v) is 6.52. The van der Waals surface area contributed by atoms with Crippen molar-refractivity contribution in [3.8, 4) is 10.6 Å². The smallest absolute Gasteiger partial charge is 0.305 e. The van der Waals surface area contributed by atoms with Crippen LogP contribution in [0.5, 0.6) is 0 Å². The lowest BCUT2D eigenvalue weighted by molar-refractivity contribution is -0.136. The highest BCUT2D eigenvalue weighted by molar-refractivity contribution is 7.21. The van der Waals surface area contributed by atoms with Gasteiger partial charge in [-0.3, -0.25) is 9.59 Å². The molecule has 0 unspecified atom stereocenters. The van der Waals surface area contributed by atoms with E-state index in [4.69, 9.17) is 10.1 Å². The largest absolute Gasteiger partial charge is 0.481 e. The van der Waals surface area contributed by atoms with E-state index in [0.717, 1.165) is 17.3 Å². The van der Waals surface area contributed by atoms with Crippen LogP contribution in [-0.4, -0.2) is 33.5 Å². The first-order valence-electron chi connectivity index (χ1n) is 10.3. The number of carbonyl (C=O) groups excluding carboxylic acids is 1. The lowest BCUT2D eigenvalue weighted by Gasteiger charge is -2.15. The molecule has 8 heteroatoms. The summed E-state index contributed by atoms with van der Waals surface area (Å²) in [5.74, 6) is -2.12. The molecular weight excluding hydrogens is 441 g/mol. The number of carboxylic acid groups (broad SMARTS) is 1. The first-order valence-corrected chi connectivity index (χ1v) is 11.1. The fourth-order valence-corrected chi connectivity index (χ4v) is 4.65. The first-order chi connectivity index (χ1) is 16.0. The Morgan fingerprint density at radius 1 is 1.03 bits per heavy atom. The molecule has 1 amide bonds. The molecule has 0 atom stereocenters. The van der Waals surface area contributed by atoms with Gasteiger partial charge in [-0.2, -0.15) is 0 Å². The number of carboxylic acids is 1. The molecule has 0 spiro atoms. The van der Waals surface area contributed by atoms with Gasteiger partial charge in [0, 0.05) is 17.7 Å². The minimum Gasteiger partial charge on any atom is -0.481 e. The number of hydrogen-bond acceptors (Lipinski definition) is 5. The third-order valence-electron chi connectivity index (χ3n) is 5.52. The molecule has 0 bridgehead atoms. The maximum absolute atomic E-state index is 14.8. The van der Waals surface area contributed by atoms with Crippen molar-refractivity contribution in [2.45, 2.75) is 11.8 Å². The first kappa shape index (κ1) is 21.0. The van der Waals surface area contributed by atoms with Crippen LogP contribution < -0.4 is 5.32 Å². The molecule has 2 heterocycles. The summed E-state index contributed by atoms with van der Waals surface area (Å²) in [5, 5.41) is 11.6. The molecule has 6 nitrogen and oxygen atoms in total. The summed E-state index contributed by atoms with van der Waals surface area (Å²) >= 11 is 1.29. The van der Waals surface area contributed by atoms with Crippen molar-refractivity contribution in [1.29, 1.82) is 0 Å². The summed E-state index contributed by atoms with van der Waals surface area (Å²) in [6.07, 6.45) is 4.02. The van der Waals surface area contributed by atoms with Crippen molar-refractivity contribution < 1.29 is 19.1 Å². The number of fused-ring (bicyclic) bond motifs is 1. The second kappa shape index (κ2) is 8.22. The molecule has 2 N–H and O–H groups in total. The molecule has 2 aromatic heterocycles. The average Bonchev–Trinajstić information content (AvgIpc) is 3.52. The number of amides is 1. The molecule has 5 rings (SSSR count). The van der Waals surface area contributed by atoms with Crippen molar-refractivity contribution in [2.75, 3.05) is 6.54 Å². The summed E-state index contributed by atoms with van der Waals surface area (Å²) in [4.78, 5) is 32.8. The Bertz CT molecular complexity index is 1410. The molecule has 164 valence electrons. The number of rotatable bonds is 7. The van der Waals surface area contributed by atoms with Crippen LogP contribution in [0.1, 0.15) is 28.0 Å². The molecule has 2 aromatic carbocycles.